The fourth-order valence-electron chi connectivity index (χ4n) is 1.25. The van der Waals surface area contributed by atoms with Gasteiger partial charge in [-0.05, 0) is 13.3 Å². The van der Waals surface area contributed by atoms with Gasteiger partial charge in [-0.2, -0.15) is 0 Å². The molecule has 12 heavy (non-hydrogen) atoms. The summed E-state index contributed by atoms with van der Waals surface area (Å²) >= 11 is 0. The third kappa shape index (κ3) is 2.46. The van der Waals surface area contributed by atoms with E-state index in [0.717, 1.165) is 19.6 Å². The molecule has 0 aromatic carbocycles. The maximum Gasteiger partial charge on any atom is 0.239 e. The minimum absolute atomic E-state index is 0.0282. The maximum absolute atomic E-state index is 11.4. The van der Waals surface area contributed by atoms with Crippen LogP contribution in [0.3, 0.4) is 0 Å². The summed E-state index contributed by atoms with van der Waals surface area (Å²) in [5, 5.41) is 0. The molecule has 0 aromatic heterocycles. The Morgan fingerprint density at radius 1 is 1.50 bits per heavy atom. The number of rotatable bonds is 1. The van der Waals surface area contributed by atoms with Gasteiger partial charge in [-0.15, -0.1) is 0 Å². The molecule has 4 nitrogen and oxygen atoms in total. The lowest BCUT2D eigenvalue weighted by atomic mass is 10.3. The second-order valence-electron chi connectivity index (χ2n) is 3.08. The minimum Gasteiger partial charge on any atom is -0.380 e. The zero-order valence-corrected chi connectivity index (χ0v) is 7.45. The van der Waals surface area contributed by atoms with Gasteiger partial charge in [-0.1, -0.05) is 0 Å². The van der Waals surface area contributed by atoms with Gasteiger partial charge < -0.3 is 15.4 Å². The van der Waals surface area contributed by atoms with E-state index in [1.807, 2.05) is 0 Å². The number of nitrogens with two attached hydrogens (primary N) is 1. The highest BCUT2D eigenvalue weighted by atomic mass is 16.5. The van der Waals surface area contributed by atoms with E-state index in [2.05, 4.69) is 0 Å². The van der Waals surface area contributed by atoms with Crippen molar-refractivity contribution in [1.82, 2.24) is 4.90 Å². The number of hydrogen-bond donors (Lipinski definition) is 1. The molecule has 1 aliphatic heterocycles. The van der Waals surface area contributed by atoms with Gasteiger partial charge >= 0.3 is 0 Å². The summed E-state index contributed by atoms with van der Waals surface area (Å²) < 4.78 is 5.22. The van der Waals surface area contributed by atoms with E-state index in [1.54, 1.807) is 11.8 Å². The maximum atomic E-state index is 11.4. The standard InChI is InChI=1S/C8H16N2O2/c1-7(9)8(11)10-3-2-5-12-6-4-10/h7H,2-6,9H2,1H3/t7-/m0/s1. The molecule has 1 atom stereocenters. The molecule has 1 rings (SSSR count). The number of carbonyl (C=O) groups excluding carboxylic acids is 1. The first-order chi connectivity index (χ1) is 5.72. The minimum atomic E-state index is -0.386. The molecule has 0 spiro atoms. The van der Waals surface area contributed by atoms with Gasteiger partial charge in [0.1, 0.15) is 0 Å². The van der Waals surface area contributed by atoms with Crippen molar-refractivity contribution in [2.24, 2.45) is 5.73 Å². The molecule has 0 unspecified atom stereocenters. The van der Waals surface area contributed by atoms with E-state index in [-0.39, 0.29) is 11.9 Å². The second kappa shape index (κ2) is 4.42. The average Bonchev–Trinajstić information content (AvgIpc) is 2.30. The van der Waals surface area contributed by atoms with Gasteiger partial charge in [-0.3, -0.25) is 4.79 Å². The zero-order chi connectivity index (χ0) is 8.97. The van der Waals surface area contributed by atoms with Crippen LogP contribution in [-0.2, 0) is 9.53 Å². The Labute approximate surface area is 72.7 Å². The molecule has 1 saturated heterocycles. The van der Waals surface area contributed by atoms with Crippen LogP contribution in [0.2, 0.25) is 0 Å². The lowest BCUT2D eigenvalue weighted by Gasteiger charge is -2.21. The quantitative estimate of drug-likeness (QED) is 0.584. The first-order valence-corrected chi connectivity index (χ1v) is 4.34. The van der Waals surface area contributed by atoms with E-state index >= 15 is 0 Å². The van der Waals surface area contributed by atoms with Crippen LogP contribution in [0.1, 0.15) is 13.3 Å². The van der Waals surface area contributed by atoms with Gasteiger partial charge in [0.05, 0.1) is 12.6 Å². The van der Waals surface area contributed by atoms with Crippen LogP contribution in [-0.4, -0.2) is 43.2 Å². The SMILES string of the molecule is C[C@H](N)C(=O)N1CCCOCC1. The van der Waals surface area contributed by atoms with Crippen molar-refractivity contribution in [2.75, 3.05) is 26.3 Å². The summed E-state index contributed by atoms with van der Waals surface area (Å²) in [5.74, 6) is 0.0282. The first kappa shape index (κ1) is 9.48. The van der Waals surface area contributed by atoms with Crippen molar-refractivity contribution in [3.05, 3.63) is 0 Å². The lowest BCUT2D eigenvalue weighted by Crippen LogP contribution is -2.43. The first-order valence-electron chi connectivity index (χ1n) is 4.34. The van der Waals surface area contributed by atoms with Crippen LogP contribution in [0, 0.1) is 0 Å². The molecular formula is C8H16N2O2. The molecule has 0 aromatic rings. The molecule has 0 aliphatic carbocycles. The van der Waals surface area contributed by atoms with Crippen molar-refractivity contribution < 1.29 is 9.53 Å². The summed E-state index contributed by atoms with van der Waals surface area (Å²) in [5.41, 5.74) is 5.49. The number of amides is 1. The highest BCUT2D eigenvalue weighted by Gasteiger charge is 2.18. The molecule has 4 heteroatoms. The Bertz CT molecular complexity index is 151. The summed E-state index contributed by atoms with van der Waals surface area (Å²) in [6.45, 7) is 4.57. The predicted molar refractivity (Wildman–Crippen MR) is 45.7 cm³/mol. The van der Waals surface area contributed by atoms with Gasteiger partial charge in [0, 0.05) is 19.7 Å². The average molecular weight is 172 g/mol. The summed E-state index contributed by atoms with van der Waals surface area (Å²) in [4.78, 5) is 13.2. The number of nitrogens with zero attached hydrogens (tertiary/aromatic N) is 1. The largest absolute Gasteiger partial charge is 0.380 e. The smallest absolute Gasteiger partial charge is 0.239 e. The topological polar surface area (TPSA) is 55.6 Å². The van der Waals surface area contributed by atoms with Crippen LogP contribution >= 0.6 is 0 Å². The highest BCUT2D eigenvalue weighted by molar-refractivity contribution is 5.81. The molecule has 0 radical (unpaired) electrons. The lowest BCUT2D eigenvalue weighted by molar-refractivity contribution is -0.132. The number of ether oxygens (including phenoxy) is 1. The van der Waals surface area contributed by atoms with E-state index < -0.39 is 0 Å². The molecule has 1 amide bonds. The Morgan fingerprint density at radius 2 is 2.25 bits per heavy atom. The zero-order valence-electron chi connectivity index (χ0n) is 7.45. The fraction of sp³-hybridized carbons (Fsp3) is 0.875. The Morgan fingerprint density at radius 3 is 2.92 bits per heavy atom. The molecule has 1 fully saturated rings. The molecule has 1 aliphatic rings. The summed E-state index contributed by atoms with van der Waals surface area (Å²) in [6, 6.07) is -0.386. The van der Waals surface area contributed by atoms with E-state index in [4.69, 9.17) is 10.5 Å². The van der Waals surface area contributed by atoms with Gasteiger partial charge in [0.15, 0.2) is 0 Å². The fourth-order valence-corrected chi connectivity index (χ4v) is 1.25. The van der Waals surface area contributed by atoms with Gasteiger partial charge in [0.25, 0.3) is 0 Å². The van der Waals surface area contributed by atoms with Crippen LogP contribution in [0.15, 0.2) is 0 Å². The van der Waals surface area contributed by atoms with E-state index in [0.29, 0.717) is 13.2 Å². The van der Waals surface area contributed by atoms with Gasteiger partial charge in [-0.25, -0.2) is 0 Å². The summed E-state index contributed by atoms with van der Waals surface area (Å²) in [7, 11) is 0. The Kier molecular flexibility index (Phi) is 3.49. The van der Waals surface area contributed by atoms with Crippen LogP contribution in [0.5, 0.6) is 0 Å². The normalized spacial score (nSPS) is 21.7. The third-order valence-electron chi connectivity index (χ3n) is 1.92. The van der Waals surface area contributed by atoms with Crippen LogP contribution in [0.25, 0.3) is 0 Å². The monoisotopic (exact) mass is 172 g/mol. The highest BCUT2D eigenvalue weighted by Crippen LogP contribution is 2.00. The Balaban J connectivity index is 2.43. The van der Waals surface area contributed by atoms with Crippen molar-refractivity contribution in [2.45, 2.75) is 19.4 Å². The molecule has 0 bridgehead atoms. The van der Waals surface area contributed by atoms with Crippen LogP contribution in [0.4, 0.5) is 0 Å². The molecule has 2 N–H and O–H groups in total. The van der Waals surface area contributed by atoms with Crippen molar-refractivity contribution in [3.8, 4) is 0 Å². The third-order valence-corrected chi connectivity index (χ3v) is 1.92. The van der Waals surface area contributed by atoms with Crippen molar-refractivity contribution in [3.63, 3.8) is 0 Å². The van der Waals surface area contributed by atoms with E-state index in [1.165, 1.54) is 0 Å². The van der Waals surface area contributed by atoms with Crippen molar-refractivity contribution >= 4 is 5.91 Å². The number of hydrogen-bond acceptors (Lipinski definition) is 3. The van der Waals surface area contributed by atoms with Crippen molar-refractivity contribution in [1.29, 1.82) is 0 Å². The van der Waals surface area contributed by atoms with Crippen LogP contribution < -0.4 is 5.73 Å². The molecule has 0 saturated carbocycles. The summed E-state index contributed by atoms with van der Waals surface area (Å²) in [6.07, 6.45) is 0.915. The molecular weight excluding hydrogens is 156 g/mol. The van der Waals surface area contributed by atoms with Gasteiger partial charge in [0.2, 0.25) is 5.91 Å². The van der Waals surface area contributed by atoms with E-state index in [9.17, 15) is 4.79 Å². The molecule has 1 heterocycles. The Hall–Kier alpha value is -0.610. The second-order valence-corrected chi connectivity index (χ2v) is 3.08. The number of carbonyl (C=O) groups is 1. The predicted octanol–water partition coefficient (Wildman–Crippen LogP) is -0.417. The molecule has 70 valence electrons.